The van der Waals surface area contributed by atoms with Crippen LogP contribution in [0.3, 0.4) is 0 Å². The molecule has 3 aromatic carbocycles. The van der Waals surface area contributed by atoms with Crippen LogP contribution in [-0.4, -0.2) is 10.2 Å². The second-order valence-electron chi connectivity index (χ2n) is 5.30. The first-order chi connectivity index (χ1) is 9.59. The fourth-order valence-corrected chi connectivity index (χ4v) is 2.96. The number of hydrogen-bond acceptors (Lipinski definition) is 2. The van der Waals surface area contributed by atoms with Gasteiger partial charge < -0.3 is 10.2 Å². The molecule has 0 spiro atoms. The van der Waals surface area contributed by atoms with Crippen molar-refractivity contribution < 1.29 is 10.2 Å². The first kappa shape index (κ1) is 13.1. The fraction of sp³-hybridized carbons (Fsp3) is 0.222. The van der Waals surface area contributed by atoms with Crippen molar-refractivity contribution in [2.75, 3.05) is 0 Å². The van der Waals surface area contributed by atoms with Gasteiger partial charge in [-0.1, -0.05) is 48.5 Å². The molecule has 3 aromatic rings. The number of aliphatic hydroxyl groups excluding tert-OH is 2. The van der Waals surface area contributed by atoms with E-state index in [1.165, 1.54) is 10.8 Å². The average molecular weight is 266 g/mol. The second kappa shape index (κ2) is 4.89. The summed E-state index contributed by atoms with van der Waals surface area (Å²) in [4.78, 5) is 0. The predicted molar refractivity (Wildman–Crippen MR) is 82.7 cm³/mol. The molecule has 102 valence electrons. The maximum atomic E-state index is 10.1. The van der Waals surface area contributed by atoms with Crippen molar-refractivity contribution in [3.63, 3.8) is 0 Å². The number of aliphatic hydroxyl groups is 2. The highest BCUT2D eigenvalue weighted by molar-refractivity contribution is 6.08. The van der Waals surface area contributed by atoms with Crippen LogP contribution in [0.4, 0.5) is 0 Å². The molecule has 0 saturated carbocycles. The summed E-state index contributed by atoms with van der Waals surface area (Å²) in [5.74, 6) is 0. The van der Waals surface area contributed by atoms with E-state index < -0.39 is 12.2 Å². The lowest BCUT2D eigenvalue weighted by atomic mass is 9.91. The molecule has 2 heteroatoms. The van der Waals surface area contributed by atoms with E-state index in [4.69, 9.17) is 0 Å². The van der Waals surface area contributed by atoms with Crippen molar-refractivity contribution >= 4 is 21.5 Å². The van der Waals surface area contributed by atoms with E-state index in [0.717, 1.165) is 21.9 Å². The van der Waals surface area contributed by atoms with Gasteiger partial charge in [-0.15, -0.1) is 0 Å². The molecule has 0 aliphatic rings. The van der Waals surface area contributed by atoms with Gasteiger partial charge in [-0.2, -0.15) is 0 Å². The minimum absolute atomic E-state index is 0.588. The van der Waals surface area contributed by atoms with E-state index in [9.17, 15) is 10.2 Å². The Morgan fingerprint density at radius 2 is 1.40 bits per heavy atom. The summed E-state index contributed by atoms with van der Waals surface area (Å²) in [7, 11) is 0. The van der Waals surface area contributed by atoms with Crippen LogP contribution in [0.5, 0.6) is 0 Å². The molecule has 0 amide bonds. The van der Waals surface area contributed by atoms with Crippen LogP contribution >= 0.6 is 0 Å². The molecular formula is C18H18O2. The topological polar surface area (TPSA) is 40.5 Å². The molecule has 2 unspecified atom stereocenters. The highest BCUT2D eigenvalue weighted by atomic mass is 16.3. The van der Waals surface area contributed by atoms with Crippen LogP contribution < -0.4 is 0 Å². The third kappa shape index (κ3) is 1.98. The summed E-state index contributed by atoms with van der Waals surface area (Å²) in [5.41, 5.74) is 1.62. The van der Waals surface area contributed by atoms with Crippen LogP contribution in [0.2, 0.25) is 0 Å². The molecule has 0 aliphatic carbocycles. The summed E-state index contributed by atoms with van der Waals surface area (Å²) >= 11 is 0. The molecule has 0 bridgehead atoms. The number of rotatable bonds is 2. The minimum atomic E-state index is -0.607. The molecule has 0 saturated heterocycles. The SMILES string of the molecule is CC(O)c1ccc2c(ccc3ccccc32)c1C(C)O. The van der Waals surface area contributed by atoms with Gasteiger partial charge in [-0.25, -0.2) is 0 Å². The summed E-state index contributed by atoms with van der Waals surface area (Å²) in [5, 5.41) is 24.5. The van der Waals surface area contributed by atoms with E-state index >= 15 is 0 Å². The zero-order valence-corrected chi connectivity index (χ0v) is 11.7. The van der Waals surface area contributed by atoms with Gasteiger partial charge in [-0.05, 0) is 46.5 Å². The standard InChI is InChI=1S/C18H18O2/c1-11(19)14-9-10-16-15-6-4-3-5-13(15)7-8-17(16)18(14)12(2)20/h3-12,19-20H,1-2H3. The Balaban J connectivity index is 2.46. The zero-order chi connectivity index (χ0) is 14.3. The average Bonchev–Trinajstić information content (AvgIpc) is 2.45. The molecule has 3 rings (SSSR count). The van der Waals surface area contributed by atoms with Gasteiger partial charge in [0.2, 0.25) is 0 Å². The predicted octanol–water partition coefficient (Wildman–Crippen LogP) is 4.10. The van der Waals surface area contributed by atoms with Gasteiger partial charge in [0.25, 0.3) is 0 Å². The number of benzene rings is 3. The van der Waals surface area contributed by atoms with Crippen molar-refractivity contribution in [3.8, 4) is 0 Å². The summed E-state index contributed by atoms with van der Waals surface area (Å²) in [6.07, 6.45) is -1.19. The van der Waals surface area contributed by atoms with E-state index in [1.54, 1.807) is 13.8 Å². The second-order valence-corrected chi connectivity index (χ2v) is 5.30. The van der Waals surface area contributed by atoms with Gasteiger partial charge in [0.05, 0.1) is 12.2 Å². The first-order valence-corrected chi connectivity index (χ1v) is 6.90. The normalized spacial score (nSPS) is 14.6. The first-order valence-electron chi connectivity index (χ1n) is 6.90. The van der Waals surface area contributed by atoms with Crippen LogP contribution in [0, 0.1) is 0 Å². The van der Waals surface area contributed by atoms with E-state index in [-0.39, 0.29) is 0 Å². The minimum Gasteiger partial charge on any atom is -0.389 e. The van der Waals surface area contributed by atoms with Crippen molar-refractivity contribution in [1.82, 2.24) is 0 Å². The van der Waals surface area contributed by atoms with Crippen LogP contribution in [0.15, 0.2) is 48.5 Å². The number of fused-ring (bicyclic) bond motifs is 3. The van der Waals surface area contributed by atoms with Gasteiger partial charge in [0.15, 0.2) is 0 Å². The van der Waals surface area contributed by atoms with Crippen molar-refractivity contribution in [2.45, 2.75) is 26.1 Å². The maximum absolute atomic E-state index is 10.1. The molecular weight excluding hydrogens is 248 g/mol. The summed E-state index contributed by atoms with van der Waals surface area (Å²) < 4.78 is 0. The molecule has 0 fully saturated rings. The third-order valence-electron chi connectivity index (χ3n) is 3.87. The lowest BCUT2D eigenvalue weighted by molar-refractivity contribution is 0.176. The highest BCUT2D eigenvalue weighted by Gasteiger charge is 2.16. The van der Waals surface area contributed by atoms with Crippen LogP contribution in [0.1, 0.15) is 37.2 Å². The number of hydrogen-bond donors (Lipinski definition) is 2. The Morgan fingerprint density at radius 1 is 0.700 bits per heavy atom. The van der Waals surface area contributed by atoms with Crippen molar-refractivity contribution in [1.29, 1.82) is 0 Å². The Morgan fingerprint density at radius 3 is 2.10 bits per heavy atom. The maximum Gasteiger partial charge on any atom is 0.0771 e. The van der Waals surface area contributed by atoms with Crippen LogP contribution in [-0.2, 0) is 0 Å². The van der Waals surface area contributed by atoms with Gasteiger partial charge in [0, 0.05) is 0 Å². The molecule has 0 aliphatic heterocycles. The monoisotopic (exact) mass is 266 g/mol. The Bertz CT molecular complexity index is 773. The molecule has 2 nitrogen and oxygen atoms in total. The lowest BCUT2D eigenvalue weighted by Gasteiger charge is -2.18. The molecule has 2 atom stereocenters. The zero-order valence-electron chi connectivity index (χ0n) is 11.7. The van der Waals surface area contributed by atoms with Gasteiger partial charge in [-0.3, -0.25) is 0 Å². The smallest absolute Gasteiger partial charge is 0.0771 e. The molecule has 0 aromatic heterocycles. The quantitative estimate of drug-likeness (QED) is 0.686. The van der Waals surface area contributed by atoms with E-state index in [0.29, 0.717) is 0 Å². The molecule has 20 heavy (non-hydrogen) atoms. The Labute approximate surface area is 118 Å². The molecule has 0 heterocycles. The Hall–Kier alpha value is -1.90. The van der Waals surface area contributed by atoms with E-state index in [2.05, 4.69) is 18.2 Å². The van der Waals surface area contributed by atoms with Crippen molar-refractivity contribution in [2.24, 2.45) is 0 Å². The van der Waals surface area contributed by atoms with Gasteiger partial charge >= 0.3 is 0 Å². The largest absolute Gasteiger partial charge is 0.389 e. The summed E-state index contributed by atoms with van der Waals surface area (Å²) in [6, 6.07) is 16.3. The fourth-order valence-electron chi connectivity index (χ4n) is 2.96. The highest BCUT2D eigenvalue weighted by Crippen LogP contribution is 2.34. The van der Waals surface area contributed by atoms with E-state index in [1.807, 2.05) is 30.3 Å². The molecule has 0 radical (unpaired) electrons. The molecule has 2 N–H and O–H groups in total. The van der Waals surface area contributed by atoms with Crippen LogP contribution in [0.25, 0.3) is 21.5 Å². The summed E-state index contributed by atoms with van der Waals surface area (Å²) in [6.45, 7) is 3.48. The lowest BCUT2D eigenvalue weighted by Crippen LogP contribution is -2.03. The third-order valence-corrected chi connectivity index (χ3v) is 3.87. The van der Waals surface area contributed by atoms with Gasteiger partial charge in [0.1, 0.15) is 0 Å². The van der Waals surface area contributed by atoms with Crippen molar-refractivity contribution in [3.05, 3.63) is 59.7 Å². The Kier molecular flexibility index (Phi) is 3.20.